The summed E-state index contributed by atoms with van der Waals surface area (Å²) in [6, 6.07) is 12.4. The van der Waals surface area contributed by atoms with Crippen LogP contribution in [-0.4, -0.2) is 34.3 Å². The van der Waals surface area contributed by atoms with Gasteiger partial charge in [0.2, 0.25) is 0 Å². The van der Waals surface area contributed by atoms with Crippen molar-refractivity contribution in [3.8, 4) is 11.5 Å². The summed E-state index contributed by atoms with van der Waals surface area (Å²) in [5, 5.41) is 1.08. The van der Waals surface area contributed by atoms with Crippen molar-refractivity contribution in [2.24, 2.45) is 7.05 Å². The SMILES string of the molecule is Cn1c(SCC(=O)c2ccc3c(c2)OCCO3)nc2ccccc2c1=O. The number of fused-ring (bicyclic) bond motifs is 2. The van der Waals surface area contributed by atoms with Crippen LogP contribution in [0.1, 0.15) is 10.4 Å². The number of carbonyl (C=O) groups is 1. The van der Waals surface area contributed by atoms with Gasteiger partial charge in [-0.1, -0.05) is 23.9 Å². The molecule has 0 saturated carbocycles. The number of aromatic nitrogens is 2. The summed E-state index contributed by atoms with van der Waals surface area (Å²) >= 11 is 1.25. The van der Waals surface area contributed by atoms with Crippen LogP contribution < -0.4 is 15.0 Å². The maximum Gasteiger partial charge on any atom is 0.261 e. The van der Waals surface area contributed by atoms with E-state index in [0.29, 0.717) is 46.3 Å². The summed E-state index contributed by atoms with van der Waals surface area (Å²) in [5.41, 5.74) is 1.06. The standard InChI is InChI=1S/C19H16N2O4S/c1-21-18(23)13-4-2-3-5-14(13)20-19(21)26-11-15(22)12-6-7-16-17(10-12)25-9-8-24-16/h2-7,10H,8-9,11H2,1H3. The Kier molecular flexibility index (Phi) is 4.38. The summed E-state index contributed by atoms with van der Waals surface area (Å²) in [6.07, 6.45) is 0. The van der Waals surface area contributed by atoms with Crippen LogP contribution >= 0.6 is 11.8 Å². The van der Waals surface area contributed by atoms with Gasteiger partial charge in [0.15, 0.2) is 22.4 Å². The van der Waals surface area contributed by atoms with Gasteiger partial charge in [-0.05, 0) is 30.3 Å². The van der Waals surface area contributed by atoms with Crippen LogP contribution in [0.3, 0.4) is 0 Å². The number of ketones is 1. The zero-order valence-corrected chi connectivity index (χ0v) is 14.9. The molecule has 1 aliphatic rings. The number of benzene rings is 2. The second-order valence-electron chi connectivity index (χ2n) is 5.85. The lowest BCUT2D eigenvalue weighted by Crippen LogP contribution is -2.20. The Balaban J connectivity index is 1.55. The van der Waals surface area contributed by atoms with Crippen molar-refractivity contribution < 1.29 is 14.3 Å². The molecule has 2 heterocycles. The molecule has 0 amide bonds. The summed E-state index contributed by atoms with van der Waals surface area (Å²) in [7, 11) is 1.67. The van der Waals surface area contributed by atoms with Crippen molar-refractivity contribution in [1.29, 1.82) is 0 Å². The molecule has 132 valence electrons. The second kappa shape index (κ2) is 6.84. The number of ether oxygens (including phenoxy) is 2. The van der Waals surface area contributed by atoms with E-state index in [1.807, 2.05) is 12.1 Å². The van der Waals surface area contributed by atoms with Crippen molar-refractivity contribution in [2.75, 3.05) is 19.0 Å². The highest BCUT2D eigenvalue weighted by molar-refractivity contribution is 7.99. The van der Waals surface area contributed by atoms with Crippen molar-refractivity contribution in [1.82, 2.24) is 9.55 Å². The van der Waals surface area contributed by atoms with Crippen molar-refractivity contribution in [3.05, 3.63) is 58.4 Å². The Labute approximate surface area is 153 Å². The van der Waals surface area contributed by atoms with Crippen LogP contribution in [0.15, 0.2) is 52.4 Å². The number of thioether (sulfide) groups is 1. The van der Waals surface area contributed by atoms with E-state index >= 15 is 0 Å². The molecule has 0 bridgehead atoms. The van der Waals surface area contributed by atoms with Gasteiger partial charge in [-0.2, -0.15) is 0 Å². The average molecular weight is 368 g/mol. The number of para-hydroxylation sites is 1. The van der Waals surface area contributed by atoms with Gasteiger partial charge >= 0.3 is 0 Å². The smallest absolute Gasteiger partial charge is 0.261 e. The Hall–Kier alpha value is -2.80. The number of nitrogens with zero attached hydrogens (tertiary/aromatic N) is 2. The third kappa shape index (κ3) is 3.06. The molecule has 7 heteroatoms. The quantitative estimate of drug-likeness (QED) is 0.401. The van der Waals surface area contributed by atoms with Crippen LogP contribution in [-0.2, 0) is 7.05 Å². The first kappa shape index (κ1) is 16.7. The first-order chi connectivity index (χ1) is 12.6. The van der Waals surface area contributed by atoms with Crippen LogP contribution in [0.25, 0.3) is 10.9 Å². The largest absolute Gasteiger partial charge is 0.486 e. The minimum Gasteiger partial charge on any atom is -0.486 e. The third-order valence-electron chi connectivity index (χ3n) is 4.14. The highest BCUT2D eigenvalue weighted by Gasteiger charge is 2.16. The number of Topliss-reactive ketones (excluding diaryl/α,β-unsaturated/α-hetero) is 1. The summed E-state index contributed by atoms with van der Waals surface area (Å²) in [6.45, 7) is 0.986. The summed E-state index contributed by atoms with van der Waals surface area (Å²) < 4.78 is 12.5. The Morgan fingerprint density at radius 3 is 2.77 bits per heavy atom. The molecule has 0 spiro atoms. The number of carbonyl (C=O) groups excluding carboxylic acids is 1. The highest BCUT2D eigenvalue weighted by atomic mass is 32.2. The van der Waals surface area contributed by atoms with Gasteiger partial charge in [0, 0.05) is 12.6 Å². The van der Waals surface area contributed by atoms with E-state index in [2.05, 4.69) is 4.98 Å². The summed E-state index contributed by atoms with van der Waals surface area (Å²) in [5.74, 6) is 1.36. The fraction of sp³-hybridized carbons (Fsp3) is 0.211. The Morgan fingerprint density at radius 2 is 1.92 bits per heavy atom. The Bertz CT molecular complexity index is 1060. The lowest BCUT2D eigenvalue weighted by atomic mass is 10.1. The van der Waals surface area contributed by atoms with E-state index in [9.17, 15) is 9.59 Å². The summed E-state index contributed by atoms with van der Waals surface area (Å²) in [4.78, 5) is 29.5. The molecular formula is C19H16N2O4S. The molecule has 0 atom stereocenters. The minimum atomic E-state index is -0.120. The van der Waals surface area contributed by atoms with Crippen LogP contribution in [0.2, 0.25) is 0 Å². The normalized spacial score (nSPS) is 13.0. The van der Waals surface area contributed by atoms with E-state index < -0.39 is 0 Å². The number of hydrogen-bond acceptors (Lipinski definition) is 6. The molecule has 3 aromatic rings. The number of hydrogen-bond donors (Lipinski definition) is 0. The van der Waals surface area contributed by atoms with Crippen LogP contribution in [0.5, 0.6) is 11.5 Å². The zero-order chi connectivity index (χ0) is 18.1. The average Bonchev–Trinajstić information content (AvgIpc) is 2.69. The highest BCUT2D eigenvalue weighted by Crippen LogP contribution is 2.31. The van der Waals surface area contributed by atoms with Crippen LogP contribution in [0, 0.1) is 0 Å². The van der Waals surface area contributed by atoms with Gasteiger partial charge < -0.3 is 9.47 Å². The molecule has 6 nitrogen and oxygen atoms in total. The second-order valence-corrected chi connectivity index (χ2v) is 6.79. The predicted octanol–water partition coefficient (Wildman–Crippen LogP) is 2.68. The lowest BCUT2D eigenvalue weighted by Gasteiger charge is -2.18. The van der Waals surface area contributed by atoms with Gasteiger partial charge in [0.1, 0.15) is 13.2 Å². The third-order valence-corrected chi connectivity index (χ3v) is 5.17. The molecule has 0 saturated heterocycles. The zero-order valence-electron chi connectivity index (χ0n) is 14.1. The van der Waals surface area contributed by atoms with E-state index in [4.69, 9.17) is 9.47 Å². The van der Waals surface area contributed by atoms with E-state index in [1.165, 1.54) is 16.3 Å². The molecular weight excluding hydrogens is 352 g/mol. The maximum atomic E-state index is 12.5. The first-order valence-corrected chi connectivity index (χ1v) is 9.13. The molecule has 26 heavy (non-hydrogen) atoms. The van der Waals surface area contributed by atoms with Gasteiger partial charge in [0.25, 0.3) is 5.56 Å². The minimum absolute atomic E-state index is 0.0608. The van der Waals surface area contributed by atoms with E-state index in [0.717, 1.165) is 0 Å². The van der Waals surface area contributed by atoms with Crippen molar-refractivity contribution >= 4 is 28.4 Å². The molecule has 4 rings (SSSR count). The monoisotopic (exact) mass is 368 g/mol. The predicted molar refractivity (Wildman–Crippen MR) is 99.5 cm³/mol. The Morgan fingerprint density at radius 1 is 1.15 bits per heavy atom. The topological polar surface area (TPSA) is 70.4 Å². The van der Waals surface area contributed by atoms with E-state index in [1.54, 1.807) is 37.4 Å². The van der Waals surface area contributed by atoms with Crippen LogP contribution in [0.4, 0.5) is 0 Å². The van der Waals surface area contributed by atoms with Gasteiger partial charge in [-0.15, -0.1) is 0 Å². The van der Waals surface area contributed by atoms with Gasteiger partial charge in [0.05, 0.1) is 16.7 Å². The molecule has 2 aromatic carbocycles. The molecule has 0 fully saturated rings. The van der Waals surface area contributed by atoms with E-state index in [-0.39, 0.29) is 17.1 Å². The number of rotatable bonds is 4. The molecule has 0 N–H and O–H groups in total. The first-order valence-electron chi connectivity index (χ1n) is 8.15. The molecule has 0 unspecified atom stereocenters. The fourth-order valence-corrected chi connectivity index (χ4v) is 3.62. The molecule has 1 aliphatic heterocycles. The van der Waals surface area contributed by atoms with Gasteiger partial charge in [-0.3, -0.25) is 14.2 Å². The molecule has 0 aliphatic carbocycles. The van der Waals surface area contributed by atoms with Crippen molar-refractivity contribution in [3.63, 3.8) is 0 Å². The molecule has 0 radical (unpaired) electrons. The van der Waals surface area contributed by atoms with Crippen molar-refractivity contribution in [2.45, 2.75) is 5.16 Å². The lowest BCUT2D eigenvalue weighted by molar-refractivity contribution is 0.102. The fourth-order valence-electron chi connectivity index (χ4n) is 2.76. The van der Waals surface area contributed by atoms with Gasteiger partial charge in [-0.25, -0.2) is 4.98 Å². The maximum absolute atomic E-state index is 12.5. The molecule has 1 aromatic heterocycles.